The van der Waals surface area contributed by atoms with Crippen molar-refractivity contribution in [2.75, 3.05) is 23.8 Å². The number of ketones is 1. The van der Waals surface area contributed by atoms with Gasteiger partial charge in [-0.3, -0.25) is 14.4 Å². The van der Waals surface area contributed by atoms with Crippen LogP contribution in [0.4, 0.5) is 15.8 Å². The molecular formula is C28H26FN3O5. The molecule has 3 aromatic carbocycles. The summed E-state index contributed by atoms with van der Waals surface area (Å²) in [5, 5.41) is 26.7. The van der Waals surface area contributed by atoms with Crippen molar-refractivity contribution in [1.29, 1.82) is 0 Å². The average Bonchev–Trinajstić information content (AvgIpc) is 2.90. The second-order valence-corrected chi connectivity index (χ2v) is 8.13. The highest BCUT2D eigenvalue weighted by Crippen LogP contribution is 2.11. The van der Waals surface area contributed by atoms with E-state index in [0.717, 1.165) is 0 Å². The van der Waals surface area contributed by atoms with Gasteiger partial charge in [-0.15, -0.1) is 0 Å². The molecule has 0 saturated heterocycles. The van der Waals surface area contributed by atoms with Gasteiger partial charge in [0.2, 0.25) is 5.91 Å². The number of halogens is 1. The van der Waals surface area contributed by atoms with Gasteiger partial charge in [-0.25, -0.2) is 4.39 Å². The molecular weight excluding hydrogens is 477 g/mol. The number of amides is 2. The van der Waals surface area contributed by atoms with Gasteiger partial charge in [-0.1, -0.05) is 11.8 Å². The fourth-order valence-corrected chi connectivity index (χ4v) is 3.23. The molecule has 8 nitrogen and oxygen atoms in total. The van der Waals surface area contributed by atoms with E-state index in [-0.39, 0.29) is 23.8 Å². The molecule has 0 bridgehead atoms. The molecule has 190 valence electrons. The van der Waals surface area contributed by atoms with Crippen molar-refractivity contribution in [3.63, 3.8) is 0 Å². The minimum Gasteiger partial charge on any atom is -0.391 e. The number of carbonyl (C=O) groups is 3. The highest BCUT2D eigenvalue weighted by Gasteiger charge is 2.25. The smallest absolute Gasteiger partial charge is 0.251 e. The second-order valence-electron chi connectivity index (χ2n) is 8.13. The fourth-order valence-electron chi connectivity index (χ4n) is 3.23. The lowest BCUT2D eigenvalue weighted by Gasteiger charge is -2.19. The number of Topliss-reactive ketones (excluding diaryl/α,β-unsaturated/α-hetero) is 1. The molecule has 0 unspecified atom stereocenters. The Labute approximate surface area is 213 Å². The maximum Gasteiger partial charge on any atom is 0.251 e. The first-order valence-electron chi connectivity index (χ1n) is 11.4. The number of aliphatic hydroxyl groups excluding tert-OH is 2. The summed E-state index contributed by atoms with van der Waals surface area (Å²) in [5.74, 6) is 4.14. The van der Waals surface area contributed by atoms with Crippen LogP contribution in [0.1, 0.15) is 28.4 Å². The Morgan fingerprint density at radius 3 is 1.95 bits per heavy atom. The minimum absolute atomic E-state index is 0.0264. The Hall–Kier alpha value is -4.52. The molecule has 5 N–H and O–H groups in total. The Morgan fingerprint density at radius 1 is 0.865 bits per heavy atom. The maximum atomic E-state index is 12.9. The van der Waals surface area contributed by atoms with Crippen LogP contribution in [-0.2, 0) is 9.59 Å². The van der Waals surface area contributed by atoms with Crippen LogP contribution in [0.2, 0.25) is 0 Å². The van der Waals surface area contributed by atoms with Gasteiger partial charge in [0.15, 0.2) is 5.78 Å². The van der Waals surface area contributed by atoms with Crippen molar-refractivity contribution in [2.45, 2.75) is 19.1 Å². The largest absolute Gasteiger partial charge is 0.391 e. The van der Waals surface area contributed by atoms with E-state index in [2.05, 4.69) is 27.8 Å². The molecule has 0 radical (unpaired) electrons. The van der Waals surface area contributed by atoms with Crippen LogP contribution in [0.5, 0.6) is 0 Å². The van der Waals surface area contributed by atoms with Crippen molar-refractivity contribution in [2.24, 2.45) is 0 Å². The molecule has 3 aromatic rings. The zero-order valence-electron chi connectivity index (χ0n) is 20.0. The van der Waals surface area contributed by atoms with Crippen LogP contribution in [0, 0.1) is 17.7 Å². The van der Waals surface area contributed by atoms with Gasteiger partial charge in [-0.05, 0) is 79.7 Å². The highest BCUT2D eigenvalue weighted by molar-refractivity contribution is 5.98. The summed E-state index contributed by atoms with van der Waals surface area (Å²) in [7, 11) is 0. The molecule has 0 fully saturated rings. The van der Waals surface area contributed by atoms with Gasteiger partial charge >= 0.3 is 0 Å². The number of hydrogen-bond donors (Lipinski definition) is 5. The van der Waals surface area contributed by atoms with Crippen molar-refractivity contribution in [3.8, 4) is 11.8 Å². The van der Waals surface area contributed by atoms with Crippen molar-refractivity contribution >= 4 is 29.0 Å². The summed E-state index contributed by atoms with van der Waals surface area (Å²) in [5.41, 5.74) is 2.88. The molecule has 0 aliphatic carbocycles. The van der Waals surface area contributed by atoms with Crippen molar-refractivity contribution in [3.05, 3.63) is 95.3 Å². The van der Waals surface area contributed by atoms with Crippen molar-refractivity contribution < 1.29 is 29.0 Å². The lowest BCUT2D eigenvalue weighted by molar-refractivity contribution is -0.125. The summed E-state index contributed by atoms with van der Waals surface area (Å²) >= 11 is 0. The fraction of sp³-hybridized carbons (Fsp3) is 0.179. The number of hydrogen-bond acceptors (Lipinski definition) is 6. The van der Waals surface area contributed by atoms with Crippen LogP contribution in [-0.4, -0.2) is 53.1 Å². The van der Waals surface area contributed by atoms with E-state index in [0.29, 0.717) is 22.5 Å². The molecule has 0 aromatic heterocycles. The highest BCUT2D eigenvalue weighted by atomic mass is 19.1. The van der Waals surface area contributed by atoms with Crippen LogP contribution in [0.3, 0.4) is 0 Å². The van der Waals surface area contributed by atoms with Gasteiger partial charge in [0.05, 0.1) is 12.6 Å². The van der Waals surface area contributed by atoms with Crippen molar-refractivity contribution in [1.82, 2.24) is 5.32 Å². The quantitative estimate of drug-likeness (QED) is 0.285. The monoisotopic (exact) mass is 503 g/mol. The standard InChI is InChI=1S/C28H26FN3O5/c1-18(34)27(25(35)17-33)32-28(37)21-8-4-19(5-9-21)2-3-20-6-12-24(13-7-20)31-26(36)16-30-23-14-10-22(29)11-15-23/h4-15,18,27,30,33-34H,16-17H2,1H3,(H,31,36)(H,32,37)/t18-,27+/m1/s1. The molecule has 37 heavy (non-hydrogen) atoms. The number of aliphatic hydroxyl groups is 2. The summed E-state index contributed by atoms with van der Waals surface area (Å²) in [4.78, 5) is 36.2. The zero-order chi connectivity index (χ0) is 26.8. The van der Waals surface area contributed by atoms with E-state index in [1.54, 1.807) is 60.7 Å². The number of benzene rings is 3. The normalized spacial score (nSPS) is 11.9. The topological polar surface area (TPSA) is 128 Å². The van der Waals surface area contributed by atoms with E-state index in [9.17, 15) is 23.9 Å². The first-order valence-corrected chi connectivity index (χ1v) is 11.4. The lowest BCUT2D eigenvalue weighted by Crippen LogP contribution is -2.48. The van der Waals surface area contributed by atoms with Crippen LogP contribution in [0.25, 0.3) is 0 Å². The van der Waals surface area contributed by atoms with E-state index >= 15 is 0 Å². The van der Waals surface area contributed by atoms with Gasteiger partial charge in [0.1, 0.15) is 18.5 Å². The third-order valence-electron chi connectivity index (χ3n) is 5.24. The number of carbonyl (C=O) groups excluding carboxylic acids is 3. The first kappa shape index (κ1) is 27.1. The average molecular weight is 504 g/mol. The Morgan fingerprint density at radius 2 is 1.41 bits per heavy atom. The second kappa shape index (κ2) is 13.0. The van der Waals surface area contributed by atoms with Gasteiger partial charge in [-0.2, -0.15) is 0 Å². The molecule has 0 saturated carbocycles. The van der Waals surface area contributed by atoms with E-state index in [4.69, 9.17) is 5.11 Å². The summed E-state index contributed by atoms with van der Waals surface area (Å²) < 4.78 is 12.9. The van der Waals surface area contributed by atoms with E-state index < -0.39 is 30.4 Å². The summed E-state index contributed by atoms with van der Waals surface area (Å²) in [6.07, 6.45) is -1.15. The molecule has 2 amide bonds. The van der Waals surface area contributed by atoms with Crippen LogP contribution in [0.15, 0.2) is 72.8 Å². The minimum atomic E-state index is -1.20. The number of rotatable bonds is 9. The van der Waals surface area contributed by atoms with Gasteiger partial charge in [0, 0.05) is 28.1 Å². The Bertz CT molecular complexity index is 1290. The molecule has 3 rings (SSSR count). The number of nitrogens with one attached hydrogen (secondary N) is 3. The predicted molar refractivity (Wildman–Crippen MR) is 137 cm³/mol. The maximum absolute atomic E-state index is 12.9. The SMILES string of the molecule is C[C@@H](O)[C@H](NC(=O)c1ccc(C#Cc2ccc(NC(=O)CNc3ccc(F)cc3)cc2)cc1)C(=O)CO. The van der Waals surface area contributed by atoms with Crippen LogP contribution >= 0.6 is 0 Å². The first-order chi connectivity index (χ1) is 17.7. The third-order valence-corrected chi connectivity index (χ3v) is 5.24. The molecule has 0 heterocycles. The van der Waals surface area contributed by atoms with Gasteiger partial charge in [0.25, 0.3) is 5.91 Å². The zero-order valence-corrected chi connectivity index (χ0v) is 20.0. The molecule has 0 aliphatic heterocycles. The van der Waals surface area contributed by atoms with E-state index in [1.165, 1.54) is 19.1 Å². The Kier molecular flexibility index (Phi) is 9.49. The summed E-state index contributed by atoms with van der Waals surface area (Å²) in [6.45, 7) is 0.593. The molecule has 0 aliphatic rings. The van der Waals surface area contributed by atoms with E-state index in [1.807, 2.05) is 0 Å². The number of anilines is 2. The third kappa shape index (κ3) is 8.28. The molecule has 2 atom stereocenters. The molecule has 9 heteroatoms. The Balaban J connectivity index is 1.53. The van der Waals surface area contributed by atoms with Gasteiger partial charge < -0.3 is 26.2 Å². The summed E-state index contributed by atoms with van der Waals surface area (Å²) in [6, 6.07) is 17.9. The predicted octanol–water partition coefficient (Wildman–Crippen LogP) is 2.32. The molecule has 0 spiro atoms. The lowest BCUT2D eigenvalue weighted by atomic mass is 10.1. The van der Waals surface area contributed by atoms with Crippen LogP contribution < -0.4 is 16.0 Å².